The standard InChI is InChI=1S/C29H26N2O5S/c1-5-36-21-8-6-7-19(15-21)26(32)23-25(18-9-11-20(35-4)12-10-18)31(28(34)27(23)33)29-30-24-17(3)13-16(2)14-22(24)37-29/h6-15,25,32H,5H2,1-4H3/b26-23+. The highest BCUT2D eigenvalue weighted by Gasteiger charge is 2.48. The van der Waals surface area contributed by atoms with Crippen molar-refractivity contribution in [3.05, 3.63) is 88.5 Å². The maximum atomic E-state index is 13.5. The second-order valence-corrected chi connectivity index (χ2v) is 9.84. The van der Waals surface area contributed by atoms with Gasteiger partial charge in [0.15, 0.2) is 5.13 Å². The van der Waals surface area contributed by atoms with E-state index in [0.29, 0.717) is 34.4 Å². The molecule has 1 unspecified atom stereocenters. The fourth-order valence-corrected chi connectivity index (χ4v) is 5.82. The first kappa shape index (κ1) is 24.5. The third kappa shape index (κ3) is 4.34. The van der Waals surface area contributed by atoms with Crippen LogP contribution in [0.4, 0.5) is 5.13 Å². The van der Waals surface area contributed by atoms with Crippen molar-refractivity contribution >= 4 is 44.1 Å². The third-order valence-electron chi connectivity index (χ3n) is 6.32. The van der Waals surface area contributed by atoms with E-state index < -0.39 is 17.7 Å². The highest BCUT2D eigenvalue weighted by atomic mass is 32.1. The molecule has 1 N–H and O–H groups in total. The number of nitrogens with zero attached hydrogens (tertiary/aromatic N) is 2. The average Bonchev–Trinajstić information content (AvgIpc) is 3.42. The second-order valence-electron chi connectivity index (χ2n) is 8.83. The molecular formula is C29H26N2O5S. The fourth-order valence-electron chi connectivity index (χ4n) is 4.65. The Hall–Kier alpha value is -4.17. The Balaban J connectivity index is 1.72. The normalized spacial score (nSPS) is 17.0. The van der Waals surface area contributed by atoms with Gasteiger partial charge in [-0.3, -0.25) is 14.5 Å². The Morgan fingerprint density at radius 1 is 1.05 bits per heavy atom. The second kappa shape index (κ2) is 9.71. The van der Waals surface area contributed by atoms with Gasteiger partial charge in [-0.1, -0.05) is 41.7 Å². The fraction of sp³-hybridized carbons (Fsp3) is 0.207. The number of carbonyl (C=O) groups excluding carboxylic acids is 2. The van der Waals surface area contributed by atoms with Gasteiger partial charge in [-0.2, -0.15) is 0 Å². The highest BCUT2D eigenvalue weighted by molar-refractivity contribution is 7.22. The predicted octanol–water partition coefficient (Wildman–Crippen LogP) is 5.95. The highest BCUT2D eigenvalue weighted by Crippen LogP contribution is 2.45. The smallest absolute Gasteiger partial charge is 0.301 e. The number of carbonyl (C=O) groups is 2. The van der Waals surface area contributed by atoms with Crippen molar-refractivity contribution in [2.24, 2.45) is 0 Å². The van der Waals surface area contributed by atoms with Gasteiger partial charge in [0, 0.05) is 5.56 Å². The zero-order valence-corrected chi connectivity index (χ0v) is 21.8. The van der Waals surface area contributed by atoms with Crippen LogP contribution in [0, 0.1) is 13.8 Å². The van der Waals surface area contributed by atoms with Crippen molar-refractivity contribution in [1.29, 1.82) is 0 Å². The van der Waals surface area contributed by atoms with E-state index >= 15 is 0 Å². The van der Waals surface area contributed by atoms with Gasteiger partial charge in [-0.25, -0.2) is 4.98 Å². The predicted molar refractivity (Wildman–Crippen MR) is 144 cm³/mol. The molecule has 1 aliphatic heterocycles. The lowest BCUT2D eigenvalue weighted by Gasteiger charge is -2.23. The Kier molecular flexibility index (Phi) is 6.43. The molecule has 37 heavy (non-hydrogen) atoms. The minimum atomic E-state index is -0.872. The number of hydrogen-bond acceptors (Lipinski definition) is 7. The van der Waals surface area contributed by atoms with Crippen LogP contribution in [0.2, 0.25) is 0 Å². The van der Waals surface area contributed by atoms with E-state index in [4.69, 9.17) is 14.5 Å². The van der Waals surface area contributed by atoms with Gasteiger partial charge in [-0.05, 0) is 67.8 Å². The number of anilines is 1. The summed E-state index contributed by atoms with van der Waals surface area (Å²) in [6, 6.07) is 17.1. The van der Waals surface area contributed by atoms with Gasteiger partial charge < -0.3 is 14.6 Å². The Bertz CT molecular complexity index is 1550. The molecule has 1 aromatic heterocycles. The van der Waals surface area contributed by atoms with E-state index in [2.05, 4.69) is 0 Å². The van der Waals surface area contributed by atoms with Gasteiger partial charge in [0.1, 0.15) is 17.3 Å². The molecular weight excluding hydrogens is 488 g/mol. The molecule has 0 bridgehead atoms. The van der Waals surface area contributed by atoms with Crippen molar-refractivity contribution in [3.63, 3.8) is 0 Å². The number of benzene rings is 3. The molecule has 0 spiro atoms. The molecule has 0 saturated carbocycles. The van der Waals surface area contributed by atoms with Crippen molar-refractivity contribution in [2.75, 3.05) is 18.6 Å². The van der Waals surface area contributed by atoms with Gasteiger partial charge in [0.2, 0.25) is 0 Å². The summed E-state index contributed by atoms with van der Waals surface area (Å²) in [6.45, 7) is 6.30. The molecule has 0 aliphatic carbocycles. The van der Waals surface area contributed by atoms with Crippen LogP contribution in [-0.4, -0.2) is 35.5 Å². The van der Waals surface area contributed by atoms with Crippen LogP contribution in [0.25, 0.3) is 16.0 Å². The molecule has 1 saturated heterocycles. The number of hydrogen-bond donors (Lipinski definition) is 1. The van der Waals surface area contributed by atoms with Crippen LogP contribution in [0.5, 0.6) is 11.5 Å². The maximum Gasteiger partial charge on any atom is 0.301 e. The van der Waals surface area contributed by atoms with Crippen molar-refractivity contribution in [1.82, 2.24) is 4.98 Å². The minimum absolute atomic E-state index is 0.00373. The van der Waals surface area contributed by atoms with Gasteiger partial charge in [-0.15, -0.1) is 0 Å². The van der Waals surface area contributed by atoms with Gasteiger partial charge in [0.25, 0.3) is 5.78 Å². The number of Topliss-reactive ketones (excluding diaryl/α,β-unsaturated/α-hetero) is 1. The number of aliphatic hydroxyl groups excluding tert-OH is 1. The number of methoxy groups -OCH3 is 1. The molecule has 3 aromatic carbocycles. The molecule has 188 valence electrons. The summed E-state index contributed by atoms with van der Waals surface area (Å²) in [5, 5.41) is 11.8. The molecule has 0 radical (unpaired) electrons. The lowest BCUT2D eigenvalue weighted by molar-refractivity contribution is -0.132. The molecule has 1 atom stereocenters. The van der Waals surface area contributed by atoms with E-state index in [-0.39, 0.29) is 11.3 Å². The first-order chi connectivity index (χ1) is 17.8. The zero-order valence-electron chi connectivity index (χ0n) is 20.9. The topological polar surface area (TPSA) is 89.0 Å². The van der Waals surface area contributed by atoms with Gasteiger partial charge in [0.05, 0.1) is 35.5 Å². The number of fused-ring (bicyclic) bond motifs is 1. The first-order valence-electron chi connectivity index (χ1n) is 11.9. The number of rotatable bonds is 6. The van der Waals surface area contributed by atoms with Crippen LogP contribution in [0.1, 0.15) is 35.2 Å². The van der Waals surface area contributed by atoms with Crippen molar-refractivity contribution < 1.29 is 24.2 Å². The lowest BCUT2D eigenvalue weighted by atomic mass is 9.95. The zero-order chi connectivity index (χ0) is 26.3. The molecule has 1 aliphatic rings. The van der Waals surface area contributed by atoms with E-state index in [0.717, 1.165) is 21.3 Å². The van der Waals surface area contributed by atoms with Crippen LogP contribution >= 0.6 is 11.3 Å². The lowest BCUT2D eigenvalue weighted by Crippen LogP contribution is -2.29. The van der Waals surface area contributed by atoms with E-state index in [1.54, 1.807) is 55.6 Å². The monoisotopic (exact) mass is 514 g/mol. The summed E-state index contributed by atoms with van der Waals surface area (Å²) in [5.41, 5.74) is 3.89. The summed E-state index contributed by atoms with van der Waals surface area (Å²) >= 11 is 1.35. The Morgan fingerprint density at radius 2 is 1.81 bits per heavy atom. The number of aliphatic hydroxyl groups is 1. The summed E-state index contributed by atoms with van der Waals surface area (Å²) in [4.78, 5) is 33.1. The van der Waals surface area contributed by atoms with Crippen LogP contribution in [0.3, 0.4) is 0 Å². The largest absolute Gasteiger partial charge is 0.507 e. The van der Waals surface area contributed by atoms with Crippen molar-refractivity contribution in [3.8, 4) is 11.5 Å². The van der Waals surface area contributed by atoms with Crippen LogP contribution in [-0.2, 0) is 9.59 Å². The van der Waals surface area contributed by atoms with Gasteiger partial charge >= 0.3 is 5.91 Å². The minimum Gasteiger partial charge on any atom is -0.507 e. The molecule has 2 heterocycles. The van der Waals surface area contributed by atoms with E-state index in [1.165, 1.54) is 16.2 Å². The number of aryl methyl sites for hydroxylation is 2. The number of amides is 1. The molecule has 8 heteroatoms. The SMILES string of the molecule is CCOc1cccc(/C(O)=C2\C(=O)C(=O)N(c3nc4c(C)cc(C)cc4s3)C2c2ccc(OC)cc2)c1. The molecule has 1 fully saturated rings. The Morgan fingerprint density at radius 3 is 2.51 bits per heavy atom. The Labute approximate surface area is 218 Å². The molecule has 5 rings (SSSR count). The summed E-state index contributed by atoms with van der Waals surface area (Å²) in [7, 11) is 1.57. The maximum absolute atomic E-state index is 13.5. The van der Waals surface area contributed by atoms with E-state index in [1.807, 2.05) is 32.9 Å². The van der Waals surface area contributed by atoms with E-state index in [9.17, 15) is 14.7 Å². The van der Waals surface area contributed by atoms with Crippen molar-refractivity contribution in [2.45, 2.75) is 26.8 Å². The number of aromatic nitrogens is 1. The summed E-state index contributed by atoms with van der Waals surface area (Å²) in [5.74, 6) is -0.588. The average molecular weight is 515 g/mol. The molecule has 7 nitrogen and oxygen atoms in total. The number of ether oxygens (including phenoxy) is 2. The molecule has 1 amide bonds. The van der Waals surface area contributed by atoms with Crippen LogP contribution < -0.4 is 14.4 Å². The number of ketones is 1. The van der Waals surface area contributed by atoms with Crippen LogP contribution in [0.15, 0.2) is 66.2 Å². The quantitative estimate of drug-likeness (QED) is 0.194. The summed E-state index contributed by atoms with van der Waals surface area (Å²) in [6.07, 6.45) is 0. The number of thiazole rings is 1. The first-order valence-corrected chi connectivity index (χ1v) is 12.7. The molecule has 4 aromatic rings. The third-order valence-corrected chi connectivity index (χ3v) is 7.32. The summed E-state index contributed by atoms with van der Waals surface area (Å²) < 4.78 is 11.8.